The number of rotatable bonds is 4. The highest BCUT2D eigenvalue weighted by atomic mass is 19.1. The molecule has 0 saturated carbocycles. The van der Waals surface area contributed by atoms with Crippen LogP contribution in [-0.2, 0) is 6.54 Å². The molecular weight excluding hydrogens is 291 g/mol. The Kier molecular flexibility index (Phi) is 4.25. The molecule has 0 aliphatic carbocycles. The summed E-state index contributed by atoms with van der Waals surface area (Å²) < 4.78 is 15.3. The van der Waals surface area contributed by atoms with Crippen LogP contribution in [0.25, 0.3) is 12.2 Å². The molecule has 2 aromatic carbocycles. The molecule has 0 N–H and O–H groups in total. The van der Waals surface area contributed by atoms with Crippen molar-refractivity contribution in [3.63, 3.8) is 0 Å². The molecule has 3 rings (SSSR count). The van der Waals surface area contributed by atoms with Crippen molar-refractivity contribution in [2.45, 2.75) is 6.54 Å². The average Bonchev–Trinajstić information content (AvgIpc) is 2.98. The van der Waals surface area contributed by atoms with Crippen LogP contribution < -0.4 is 0 Å². The molecular formula is C18H13FN4. The summed E-state index contributed by atoms with van der Waals surface area (Å²) in [6.45, 7) is 0.218. The monoisotopic (exact) mass is 304 g/mol. The fraction of sp³-hybridized carbons (Fsp3) is 0.0556. The quantitative estimate of drug-likeness (QED) is 0.741. The van der Waals surface area contributed by atoms with E-state index in [9.17, 15) is 9.65 Å². The van der Waals surface area contributed by atoms with E-state index in [2.05, 4.69) is 10.3 Å². The third-order valence-electron chi connectivity index (χ3n) is 3.39. The first-order valence-electron chi connectivity index (χ1n) is 7.08. The molecule has 0 amide bonds. The Labute approximate surface area is 133 Å². The number of benzene rings is 2. The molecule has 0 fully saturated rings. The van der Waals surface area contributed by atoms with Crippen molar-refractivity contribution in [1.29, 1.82) is 5.26 Å². The highest BCUT2D eigenvalue weighted by molar-refractivity contribution is 5.70. The van der Waals surface area contributed by atoms with E-state index in [4.69, 9.17) is 0 Å². The first-order chi connectivity index (χ1) is 11.3. The first-order valence-corrected chi connectivity index (χ1v) is 7.08. The van der Waals surface area contributed by atoms with Gasteiger partial charge in [0, 0.05) is 5.56 Å². The Morgan fingerprint density at radius 2 is 1.78 bits per heavy atom. The van der Waals surface area contributed by atoms with Crippen molar-refractivity contribution < 1.29 is 4.39 Å². The number of aromatic nitrogens is 3. The normalized spacial score (nSPS) is 10.8. The number of nitrogens with zero attached hydrogens (tertiary/aromatic N) is 4. The van der Waals surface area contributed by atoms with Gasteiger partial charge in [0.15, 0.2) is 5.69 Å². The molecule has 1 aromatic heterocycles. The van der Waals surface area contributed by atoms with E-state index in [1.165, 1.54) is 10.7 Å². The lowest BCUT2D eigenvalue weighted by molar-refractivity contribution is 0.575. The van der Waals surface area contributed by atoms with Gasteiger partial charge < -0.3 is 0 Å². The molecule has 23 heavy (non-hydrogen) atoms. The van der Waals surface area contributed by atoms with Gasteiger partial charge in [-0.3, -0.25) is 0 Å². The van der Waals surface area contributed by atoms with Gasteiger partial charge in [-0.15, -0.1) is 5.10 Å². The van der Waals surface area contributed by atoms with Crippen LogP contribution in [-0.4, -0.2) is 15.0 Å². The third kappa shape index (κ3) is 3.33. The van der Waals surface area contributed by atoms with Crippen LogP contribution in [0.15, 0.2) is 54.6 Å². The molecule has 0 aliphatic heterocycles. The largest absolute Gasteiger partial charge is 0.239 e. The minimum Gasteiger partial charge on any atom is -0.239 e. The predicted octanol–water partition coefficient (Wildman–Crippen LogP) is 3.51. The van der Waals surface area contributed by atoms with Crippen molar-refractivity contribution in [2.24, 2.45) is 0 Å². The fourth-order valence-corrected chi connectivity index (χ4v) is 2.21. The molecule has 0 unspecified atom stereocenters. The molecule has 3 aromatic rings. The molecule has 0 saturated heterocycles. The van der Waals surface area contributed by atoms with E-state index in [1.54, 1.807) is 24.3 Å². The van der Waals surface area contributed by atoms with Crippen molar-refractivity contribution >= 4 is 12.2 Å². The Bertz CT molecular complexity index is 876. The maximum atomic E-state index is 13.8. The summed E-state index contributed by atoms with van der Waals surface area (Å²) >= 11 is 0. The topological polar surface area (TPSA) is 54.5 Å². The molecule has 0 aliphatic rings. The van der Waals surface area contributed by atoms with E-state index < -0.39 is 0 Å². The molecule has 0 spiro atoms. The third-order valence-corrected chi connectivity index (χ3v) is 3.39. The van der Waals surface area contributed by atoms with Gasteiger partial charge in [0.1, 0.15) is 11.9 Å². The van der Waals surface area contributed by atoms with Crippen LogP contribution in [0.5, 0.6) is 0 Å². The Morgan fingerprint density at radius 1 is 1.04 bits per heavy atom. The van der Waals surface area contributed by atoms with Gasteiger partial charge in [-0.25, -0.2) is 9.07 Å². The molecule has 0 radical (unpaired) electrons. The van der Waals surface area contributed by atoms with Gasteiger partial charge in [-0.05, 0) is 17.7 Å². The summed E-state index contributed by atoms with van der Waals surface area (Å²) in [5, 5.41) is 17.0. The predicted molar refractivity (Wildman–Crippen MR) is 85.6 cm³/mol. The Morgan fingerprint density at radius 3 is 2.52 bits per heavy atom. The molecule has 112 valence electrons. The Balaban J connectivity index is 1.94. The summed E-state index contributed by atoms with van der Waals surface area (Å²) in [6, 6.07) is 18.2. The van der Waals surface area contributed by atoms with E-state index in [0.717, 1.165) is 5.56 Å². The molecule has 0 bridgehead atoms. The van der Waals surface area contributed by atoms with E-state index in [-0.39, 0.29) is 18.1 Å². The number of halogens is 1. The van der Waals surface area contributed by atoms with Gasteiger partial charge in [-0.2, -0.15) is 5.26 Å². The van der Waals surface area contributed by atoms with Crippen LogP contribution >= 0.6 is 0 Å². The highest BCUT2D eigenvalue weighted by Gasteiger charge is 2.11. The second-order valence-corrected chi connectivity index (χ2v) is 4.93. The molecule has 4 nitrogen and oxygen atoms in total. The van der Waals surface area contributed by atoms with Gasteiger partial charge in [-0.1, -0.05) is 59.8 Å². The van der Waals surface area contributed by atoms with Crippen LogP contribution in [0, 0.1) is 17.1 Å². The first kappa shape index (κ1) is 14.7. The van der Waals surface area contributed by atoms with Gasteiger partial charge >= 0.3 is 0 Å². The highest BCUT2D eigenvalue weighted by Crippen LogP contribution is 2.14. The van der Waals surface area contributed by atoms with Crippen LogP contribution in [0.4, 0.5) is 4.39 Å². The van der Waals surface area contributed by atoms with Crippen LogP contribution in [0.1, 0.15) is 22.5 Å². The number of hydrogen-bond donors (Lipinski definition) is 0. The molecule has 0 atom stereocenters. The summed E-state index contributed by atoms with van der Waals surface area (Å²) in [5.41, 5.74) is 2.26. The lowest BCUT2D eigenvalue weighted by atomic mass is 10.2. The van der Waals surface area contributed by atoms with Gasteiger partial charge in [0.25, 0.3) is 0 Å². The minimum atomic E-state index is -0.306. The SMILES string of the molecule is N#Cc1nnn(Cc2ccccc2F)c1/C=C/c1ccccc1. The lowest BCUT2D eigenvalue weighted by Gasteiger charge is -2.05. The molecule has 5 heteroatoms. The zero-order valence-electron chi connectivity index (χ0n) is 12.2. The lowest BCUT2D eigenvalue weighted by Crippen LogP contribution is -2.06. The van der Waals surface area contributed by atoms with E-state index in [0.29, 0.717) is 11.3 Å². The summed E-state index contributed by atoms with van der Waals surface area (Å²) in [5.74, 6) is -0.306. The number of nitriles is 1. The summed E-state index contributed by atoms with van der Waals surface area (Å²) in [7, 11) is 0. The van der Waals surface area contributed by atoms with Gasteiger partial charge in [0.05, 0.1) is 12.2 Å². The zero-order valence-corrected chi connectivity index (χ0v) is 12.2. The Hall–Kier alpha value is -3.26. The summed E-state index contributed by atoms with van der Waals surface area (Å²) in [4.78, 5) is 0. The summed E-state index contributed by atoms with van der Waals surface area (Å²) in [6.07, 6.45) is 3.64. The average molecular weight is 304 g/mol. The van der Waals surface area contributed by atoms with Crippen LogP contribution in [0.2, 0.25) is 0 Å². The fourth-order valence-electron chi connectivity index (χ4n) is 2.21. The number of hydrogen-bond acceptors (Lipinski definition) is 3. The van der Waals surface area contributed by atoms with Crippen molar-refractivity contribution in [3.05, 3.63) is 82.9 Å². The maximum Gasteiger partial charge on any atom is 0.190 e. The van der Waals surface area contributed by atoms with E-state index >= 15 is 0 Å². The van der Waals surface area contributed by atoms with E-state index in [1.807, 2.05) is 42.5 Å². The standard InChI is InChI=1S/C18H13FN4/c19-16-9-5-4-8-15(16)13-23-18(17(12-20)21-22-23)11-10-14-6-2-1-3-7-14/h1-11H,13H2/b11-10+. The molecule has 1 heterocycles. The van der Waals surface area contributed by atoms with Gasteiger partial charge in [0.2, 0.25) is 0 Å². The minimum absolute atomic E-state index is 0.216. The van der Waals surface area contributed by atoms with Crippen molar-refractivity contribution in [1.82, 2.24) is 15.0 Å². The van der Waals surface area contributed by atoms with Crippen LogP contribution in [0.3, 0.4) is 0 Å². The zero-order chi connectivity index (χ0) is 16.1. The smallest absolute Gasteiger partial charge is 0.190 e. The second kappa shape index (κ2) is 6.67. The van der Waals surface area contributed by atoms with Crippen molar-refractivity contribution in [3.8, 4) is 6.07 Å². The second-order valence-electron chi connectivity index (χ2n) is 4.93. The maximum absolute atomic E-state index is 13.8. The van der Waals surface area contributed by atoms with Crippen molar-refractivity contribution in [2.75, 3.05) is 0 Å².